The number of nitriles is 1. The Bertz CT molecular complexity index is 594. The van der Waals surface area contributed by atoms with Crippen LogP contribution in [0.15, 0.2) is 24.3 Å². The zero-order chi connectivity index (χ0) is 13.1. The molecule has 2 aromatic rings. The molecule has 0 fully saturated rings. The van der Waals surface area contributed by atoms with Gasteiger partial charge in [0.05, 0.1) is 12.8 Å². The molecule has 0 aliphatic carbocycles. The van der Waals surface area contributed by atoms with Crippen LogP contribution in [0.25, 0.3) is 5.69 Å². The van der Waals surface area contributed by atoms with Gasteiger partial charge in [-0.1, -0.05) is 0 Å². The van der Waals surface area contributed by atoms with E-state index in [1.165, 1.54) is 4.68 Å². The zero-order valence-corrected chi connectivity index (χ0v) is 10.1. The lowest BCUT2D eigenvalue weighted by Gasteiger charge is -2.05. The third-order valence-corrected chi connectivity index (χ3v) is 2.59. The van der Waals surface area contributed by atoms with Crippen LogP contribution in [0.1, 0.15) is 5.56 Å². The van der Waals surface area contributed by atoms with Crippen LogP contribution >= 0.6 is 0 Å². The van der Waals surface area contributed by atoms with Crippen LogP contribution in [-0.4, -0.2) is 23.9 Å². The largest absolute Gasteiger partial charge is 0.497 e. The maximum atomic E-state index is 9.03. The van der Waals surface area contributed by atoms with E-state index in [4.69, 9.17) is 15.7 Å². The number of hydrogen-bond donors (Lipinski definition) is 2. The number of nitrogens with two attached hydrogens (primary N) is 1. The summed E-state index contributed by atoms with van der Waals surface area (Å²) in [4.78, 5) is 0. The fourth-order valence-electron chi connectivity index (χ4n) is 1.64. The topological polar surface area (TPSA) is 88.9 Å². The first-order valence-corrected chi connectivity index (χ1v) is 5.32. The molecule has 0 bridgehead atoms. The summed E-state index contributed by atoms with van der Waals surface area (Å²) in [5.41, 5.74) is 7.01. The van der Waals surface area contributed by atoms with E-state index >= 15 is 0 Å². The molecule has 6 nitrogen and oxygen atoms in total. The van der Waals surface area contributed by atoms with Gasteiger partial charge in [-0.05, 0) is 24.3 Å². The van der Waals surface area contributed by atoms with Gasteiger partial charge in [-0.3, -0.25) is 0 Å². The number of aromatic nitrogens is 2. The van der Waals surface area contributed by atoms with Crippen molar-refractivity contribution in [1.82, 2.24) is 9.78 Å². The highest BCUT2D eigenvalue weighted by Gasteiger charge is 2.15. The summed E-state index contributed by atoms with van der Waals surface area (Å²) < 4.78 is 6.60. The van der Waals surface area contributed by atoms with Gasteiger partial charge in [-0.2, -0.15) is 5.26 Å². The number of anilines is 2. The molecule has 0 unspecified atom stereocenters. The predicted octanol–water partition coefficient (Wildman–Crippen LogP) is 1.38. The molecule has 0 saturated heterocycles. The number of nitrogens with zero attached hydrogens (tertiary/aromatic N) is 3. The molecular weight excluding hydrogens is 230 g/mol. The average Bonchev–Trinajstić information content (AvgIpc) is 2.75. The Morgan fingerprint density at radius 1 is 1.39 bits per heavy atom. The van der Waals surface area contributed by atoms with E-state index in [-0.39, 0.29) is 0 Å². The lowest BCUT2D eigenvalue weighted by Crippen LogP contribution is -2.02. The molecular formula is C12H13N5O. The fraction of sp³-hybridized carbons (Fsp3) is 0.167. The van der Waals surface area contributed by atoms with Gasteiger partial charge in [0.2, 0.25) is 0 Å². The molecule has 0 atom stereocenters. The first-order valence-electron chi connectivity index (χ1n) is 5.32. The fourth-order valence-corrected chi connectivity index (χ4v) is 1.64. The second-order valence-electron chi connectivity index (χ2n) is 3.58. The van der Waals surface area contributed by atoms with Gasteiger partial charge in [0.25, 0.3) is 0 Å². The van der Waals surface area contributed by atoms with E-state index in [1.807, 2.05) is 30.3 Å². The van der Waals surface area contributed by atoms with Gasteiger partial charge in [-0.25, -0.2) is 4.68 Å². The van der Waals surface area contributed by atoms with Gasteiger partial charge in [0, 0.05) is 7.05 Å². The number of hydrogen-bond acceptors (Lipinski definition) is 5. The van der Waals surface area contributed by atoms with E-state index in [9.17, 15) is 0 Å². The molecule has 1 heterocycles. The summed E-state index contributed by atoms with van der Waals surface area (Å²) in [5, 5.41) is 16.1. The Labute approximate surface area is 105 Å². The zero-order valence-electron chi connectivity index (χ0n) is 10.1. The number of rotatable bonds is 3. The van der Waals surface area contributed by atoms with Crippen molar-refractivity contribution >= 4 is 11.6 Å². The molecule has 0 radical (unpaired) electrons. The number of benzene rings is 1. The monoisotopic (exact) mass is 243 g/mol. The summed E-state index contributed by atoms with van der Waals surface area (Å²) in [5.74, 6) is 1.52. The van der Waals surface area contributed by atoms with Crippen molar-refractivity contribution in [3.8, 4) is 17.5 Å². The molecule has 2 rings (SSSR count). The normalized spacial score (nSPS) is 9.83. The molecule has 1 aromatic carbocycles. The molecule has 0 aliphatic rings. The molecule has 0 saturated carbocycles. The predicted molar refractivity (Wildman–Crippen MR) is 68.8 cm³/mol. The number of methoxy groups -OCH3 is 1. The molecule has 1 aromatic heterocycles. The van der Waals surface area contributed by atoms with Crippen LogP contribution in [0.5, 0.6) is 5.75 Å². The van der Waals surface area contributed by atoms with Crippen molar-refractivity contribution in [2.24, 2.45) is 0 Å². The second kappa shape index (κ2) is 4.67. The van der Waals surface area contributed by atoms with E-state index in [0.717, 1.165) is 11.4 Å². The SMILES string of the molecule is CNc1nn(-c2ccc(OC)cc2)c(N)c1C#N. The maximum Gasteiger partial charge on any atom is 0.168 e. The Kier molecular flexibility index (Phi) is 3.06. The Hall–Kier alpha value is -2.68. The van der Waals surface area contributed by atoms with E-state index in [0.29, 0.717) is 17.2 Å². The summed E-state index contributed by atoms with van der Waals surface area (Å²) in [7, 11) is 3.30. The first-order chi connectivity index (χ1) is 8.71. The van der Waals surface area contributed by atoms with Gasteiger partial charge in [-0.15, -0.1) is 5.10 Å². The first kappa shape index (κ1) is 11.8. The van der Waals surface area contributed by atoms with Crippen LogP contribution in [0.2, 0.25) is 0 Å². The van der Waals surface area contributed by atoms with Gasteiger partial charge >= 0.3 is 0 Å². The second-order valence-corrected chi connectivity index (χ2v) is 3.58. The van der Waals surface area contributed by atoms with Crippen LogP contribution in [-0.2, 0) is 0 Å². The van der Waals surface area contributed by atoms with Crippen molar-refractivity contribution in [1.29, 1.82) is 5.26 Å². The van der Waals surface area contributed by atoms with Crippen molar-refractivity contribution in [2.45, 2.75) is 0 Å². The Morgan fingerprint density at radius 3 is 2.50 bits per heavy atom. The number of ether oxygens (including phenoxy) is 1. The number of nitrogens with one attached hydrogen (secondary N) is 1. The molecule has 18 heavy (non-hydrogen) atoms. The van der Waals surface area contributed by atoms with E-state index < -0.39 is 0 Å². The number of nitrogen functional groups attached to an aromatic ring is 1. The summed E-state index contributed by atoms with van der Waals surface area (Å²) in [6, 6.07) is 9.29. The highest BCUT2D eigenvalue weighted by molar-refractivity contribution is 5.65. The summed E-state index contributed by atoms with van der Waals surface area (Å²) in [6.45, 7) is 0. The standard InChI is InChI=1S/C12H13N5O/c1-15-12-10(7-13)11(14)17(16-12)8-3-5-9(18-2)6-4-8/h3-6H,14H2,1-2H3,(H,15,16). The Balaban J connectivity index is 2.50. The van der Waals surface area contributed by atoms with Crippen LogP contribution in [0.3, 0.4) is 0 Å². The van der Waals surface area contributed by atoms with Crippen molar-refractivity contribution in [3.63, 3.8) is 0 Å². The quantitative estimate of drug-likeness (QED) is 0.850. The van der Waals surface area contributed by atoms with Crippen LogP contribution in [0.4, 0.5) is 11.6 Å². The van der Waals surface area contributed by atoms with E-state index in [1.54, 1.807) is 14.2 Å². The Morgan fingerprint density at radius 2 is 2.06 bits per heavy atom. The van der Waals surface area contributed by atoms with Gasteiger partial charge < -0.3 is 15.8 Å². The van der Waals surface area contributed by atoms with Crippen molar-refractivity contribution < 1.29 is 4.74 Å². The molecule has 6 heteroatoms. The third-order valence-electron chi connectivity index (χ3n) is 2.59. The highest BCUT2D eigenvalue weighted by Crippen LogP contribution is 2.24. The summed E-state index contributed by atoms with van der Waals surface area (Å²) >= 11 is 0. The lowest BCUT2D eigenvalue weighted by atomic mass is 10.3. The average molecular weight is 243 g/mol. The van der Waals surface area contributed by atoms with E-state index in [2.05, 4.69) is 10.4 Å². The molecule has 0 aliphatic heterocycles. The van der Waals surface area contributed by atoms with Crippen LogP contribution < -0.4 is 15.8 Å². The maximum absolute atomic E-state index is 9.03. The minimum absolute atomic E-state index is 0.312. The highest BCUT2D eigenvalue weighted by atomic mass is 16.5. The van der Waals surface area contributed by atoms with Gasteiger partial charge in [0.1, 0.15) is 23.2 Å². The molecule has 0 amide bonds. The molecule has 3 N–H and O–H groups in total. The minimum Gasteiger partial charge on any atom is -0.497 e. The molecule has 92 valence electrons. The van der Waals surface area contributed by atoms with Crippen molar-refractivity contribution in [2.75, 3.05) is 25.2 Å². The van der Waals surface area contributed by atoms with Gasteiger partial charge in [0.15, 0.2) is 5.82 Å². The lowest BCUT2D eigenvalue weighted by molar-refractivity contribution is 0.414. The summed E-state index contributed by atoms with van der Waals surface area (Å²) in [6.07, 6.45) is 0. The van der Waals surface area contributed by atoms with Crippen molar-refractivity contribution in [3.05, 3.63) is 29.8 Å². The molecule has 0 spiro atoms. The third kappa shape index (κ3) is 1.82. The van der Waals surface area contributed by atoms with Crippen LogP contribution in [0, 0.1) is 11.3 Å². The minimum atomic E-state index is 0.312. The smallest absolute Gasteiger partial charge is 0.168 e.